The minimum Gasteiger partial charge on any atom is -0.384 e. The topological polar surface area (TPSA) is 116 Å². The zero-order valence-electron chi connectivity index (χ0n) is 18.0. The van der Waals surface area contributed by atoms with E-state index in [1.165, 1.54) is 6.26 Å². The standard InChI is InChI=1S/C24H26N4O3S/c1-3-28(16-17-7-6-8-19(15-17)23(25)26)24(29)27-20-13-11-18(12-14-20)21-9-4-5-10-22(21)32(2,30)31/h4-15H,3,16H2,1-2H3,(H3,25,26)(H,27,29). The molecule has 0 radical (unpaired) electrons. The fourth-order valence-electron chi connectivity index (χ4n) is 3.35. The van der Waals surface area contributed by atoms with Gasteiger partial charge in [0.2, 0.25) is 0 Å². The fraction of sp³-hybridized carbons (Fsp3) is 0.167. The highest BCUT2D eigenvalue weighted by Crippen LogP contribution is 2.28. The molecule has 0 aliphatic heterocycles. The highest BCUT2D eigenvalue weighted by Gasteiger charge is 2.15. The lowest BCUT2D eigenvalue weighted by atomic mass is 10.1. The number of urea groups is 1. The Balaban J connectivity index is 1.74. The second kappa shape index (κ2) is 9.65. The van der Waals surface area contributed by atoms with Crippen molar-refractivity contribution in [3.63, 3.8) is 0 Å². The first-order chi connectivity index (χ1) is 15.2. The summed E-state index contributed by atoms with van der Waals surface area (Å²) in [6.45, 7) is 2.76. The van der Waals surface area contributed by atoms with Crippen LogP contribution in [0, 0.1) is 5.41 Å². The van der Waals surface area contributed by atoms with Gasteiger partial charge in [0.1, 0.15) is 5.84 Å². The van der Waals surface area contributed by atoms with Crippen molar-refractivity contribution in [3.8, 4) is 11.1 Å². The van der Waals surface area contributed by atoms with Crippen LogP contribution in [0.15, 0.2) is 77.7 Å². The number of nitrogen functional groups attached to an aromatic ring is 1. The van der Waals surface area contributed by atoms with Gasteiger partial charge in [0, 0.05) is 36.2 Å². The van der Waals surface area contributed by atoms with Gasteiger partial charge < -0.3 is 16.0 Å². The molecule has 0 spiro atoms. The second-order valence-corrected chi connectivity index (χ2v) is 9.39. The van der Waals surface area contributed by atoms with E-state index in [-0.39, 0.29) is 16.8 Å². The van der Waals surface area contributed by atoms with E-state index in [1.54, 1.807) is 65.6 Å². The molecule has 0 aliphatic carbocycles. The van der Waals surface area contributed by atoms with E-state index < -0.39 is 9.84 Å². The number of nitrogens with one attached hydrogen (secondary N) is 2. The lowest BCUT2D eigenvalue weighted by molar-refractivity contribution is 0.212. The summed E-state index contributed by atoms with van der Waals surface area (Å²) in [7, 11) is -3.36. The zero-order valence-corrected chi connectivity index (χ0v) is 18.8. The molecule has 3 aromatic rings. The Labute approximate surface area is 188 Å². The second-order valence-electron chi connectivity index (χ2n) is 7.40. The number of carbonyl (C=O) groups is 1. The SMILES string of the molecule is CCN(Cc1cccc(C(=N)N)c1)C(=O)Nc1ccc(-c2ccccc2S(C)(=O)=O)cc1. The van der Waals surface area contributed by atoms with Crippen LogP contribution < -0.4 is 11.1 Å². The van der Waals surface area contributed by atoms with Crippen LogP contribution in [0.4, 0.5) is 10.5 Å². The molecule has 0 saturated carbocycles. The summed E-state index contributed by atoms with van der Waals surface area (Å²) in [6, 6.07) is 20.9. The normalized spacial score (nSPS) is 11.1. The van der Waals surface area contributed by atoms with Gasteiger partial charge in [0.25, 0.3) is 0 Å². The van der Waals surface area contributed by atoms with Gasteiger partial charge in [-0.2, -0.15) is 0 Å². The average molecular weight is 451 g/mol. The number of hydrogen-bond acceptors (Lipinski definition) is 4. The fourth-order valence-corrected chi connectivity index (χ4v) is 4.26. The van der Waals surface area contributed by atoms with Crippen molar-refractivity contribution < 1.29 is 13.2 Å². The molecule has 3 rings (SSSR count). The van der Waals surface area contributed by atoms with E-state index in [4.69, 9.17) is 11.1 Å². The van der Waals surface area contributed by atoms with Gasteiger partial charge in [-0.25, -0.2) is 13.2 Å². The first-order valence-corrected chi connectivity index (χ1v) is 12.0. The van der Waals surface area contributed by atoms with Crippen molar-refractivity contribution in [3.05, 3.63) is 83.9 Å². The van der Waals surface area contributed by atoms with Crippen molar-refractivity contribution >= 4 is 27.4 Å². The summed E-state index contributed by atoms with van der Waals surface area (Å²) in [5.74, 6) is -0.0168. The molecule has 0 aliphatic rings. The summed E-state index contributed by atoms with van der Waals surface area (Å²) in [6.07, 6.45) is 1.19. The minimum atomic E-state index is -3.36. The lowest BCUT2D eigenvalue weighted by Gasteiger charge is -2.22. The highest BCUT2D eigenvalue weighted by atomic mass is 32.2. The van der Waals surface area contributed by atoms with E-state index in [2.05, 4.69) is 5.32 Å². The first kappa shape index (κ1) is 23.0. The quantitative estimate of drug-likeness (QED) is 0.371. The molecule has 7 nitrogen and oxygen atoms in total. The molecule has 0 aromatic heterocycles. The van der Waals surface area contributed by atoms with Gasteiger partial charge in [-0.05, 0) is 42.3 Å². The molecule has 8 heteroatoms. The van der Waals surface area contributed by atoms with Crippen molar-refractivity contribution in [1.82, 2.24) is 4.90 Å². The monoisotopic (exact) mass is 450 g/mol. The van der Waals surface area contributed by atoms with E-state index in [0.29, 0.717) is 29.9 Å². The maximum absolute atomic E-state index is 12.8. The summed E-state index contributed by atoms with van der Waals surface area (Å²) in [5, 5.41) is 10.4. The molecule has 32 heavy (non-hydrogen) atoms. The maximum Gasteiger partial charge on any atom is 0.322 e. The number of sulfone groups is 1. The third kappa shape index (κ3) is 5.53. The van der Waals surface area contributed by atoms with Crippen LogP contribution in [0.25, 0.3) is 11.1 Å². The third-order valence-corrected chi connectivity index (χ3v) is 6.17. The van der Waals surface area contributed by atoms with E-state index >= 15 is 0 Å². The molecule has 0 atom stereocenters. The summed E-state index contributed by atoms with van der Waals surface area (Å²) < 4.78 is 24.1. The number of amidine groups is 1. The smallest absolute Gasteiger partial charge is 0.322 e. The third-order valence-electron chi connectivity index (χ3n) is 5.01. The van der Waals surface area contributed by atoms with Crippen molar-refractivity contribution in [2.45, 2.75) is 18.4 Å². The number of hydrogen-bond donors (Lipinski definition) is 3. The molecule has 0 unspecified atom stereocenters. The van der Waals surface area contributed by atoms with Crippen LogP contribution in [0.5, 0.6) is 0 Å². The van der Waals surface area contributed by atoms with Gasteiger partial charge in [-0.15, -0.1) is 0 Å². The number of amides is 2. The Morgan fingerprint density at radius 2 is 1.72 bits per heavy atom. The summed E-state index contributed by atoms with van der Waals surface area (Å²) >= 11 is 0. The van der Waals surface area contributed by atoms with Gasteiger partial charge in [-0.3, -0.25) is 5.41 Å². The molecule has 0 saturated heterocycles. The number of anilines is 1. The Kier molecular flexibility index (Phi) is 6.95. The van der Waals surface area contributed by atoms with Crippen LogP contribution in [-0.4, -0.2) is 38.0 Å². The molecular formula is C24H26N4O3S. The van der Waals surface area contributed by atoms with Gasteiger partial charge in [0.05, 0.1) is 4.90 Å². The average Bonchev–Trinajstić information content (AvgIpc) is 2.77. The number of rotatable bonds is 7. The molecule has 0 fully saturated rings. The van der Waals surface area contributed by atoms with Crippen LogP contribution in [0.1, 0.15) is 18.1 Å². The van der Waals surface area contributed by atoms with Crippen molar-refractivity contribution in [1.29, 1.82) is 5.41 Å². The Morgan fingerprint density at radius 1 is 1.03 bits per heavy atom. The Morgan fingerprint density at radius 3 is 2.34 bits per heavy atom. The van der Waals surface area contributed by atoms with E-state index in [0.717, 1.165) is 11.1 Å². The molecule has 0 heterocycles. The van der Waals surface area contributed by atoms with Gasteiger partial charge in [-0.1, -0.05) is 48.5 Å². The maximum atomic E-state index is 12.8. The van der Waals surface area contributed by atoms with Crippen molar-refractivity contribution in [2.24, 2.45) is 5.73 Å². The van der Waals surface area contributed by atoms with E-state index in [1.807, 2.05) is 19.1 Å². The van der Waals surface area contributed by atoms with Crippen LogP contribution in [0.2, 0.25) is 0 Å². The van der Waals surface area contributed by atoms with Gasteiger partial charge >= 0.3 is 6.03 Å². The highest BCUT2D eigenvalue weighted by molar-refractivity contribution is 7.90. The molecule has 4 N–H and O–H groups in total. The summed E-state index contributed by atoms with van der Waals surface area (Å²) in [4.78, 5) is 14.7. The molecule has 166 valence electrons. The zero-order chi connectivity index (χ0) is 23.3. The number of carbonyl (C=O) groups excluding carboxylic acids is 1. The Bertz CT molecular complexity index is 1240. The predicted octanol–water partition coefficient (Wildman–Crippen LogP) is 4.10. The molecule has 0 bridgehead atoms. The van der Waals surface area contributed by atoms with Crippen LogP contribution in [-0.2, 0) is 16.4 Å². The lowest BCUT2D eigenvalue weighted by Crippen LogP contribution is -2.34. The number of nitrogens with two attached hydrogens (primary N) is 1. The minimum absolute atomic E-state index is 0.0168. The van der Waals surface area contributed by atoms with Crippen LogP contribution >= 0.6 is 0 Å². The number of nitrogens with zero attached hydrogens (tertiary/aromatic N) is 1. The predicted molar refractivity (Wildman–Crippen MR) is 128 cm³/mol. The van der Waals surface area contributed by atoms with Gasteiger partial charge in [0.15, 0.2) is 9.84 Å². The largest absolute Gasteiger partial charge is 0.384 e. The number of benzene rings is 3. The summed E-state index contributed by atoms with van der Waals surface area (Å²) in [5.41, 5.74) is 9.01. The molecular weight excluding hydrogens is 424 g/mol. The first-order valence-electron chi connectivity index (χ1n) is 10.1. The molecule has 2 amide bonds. The van der Waals surface area contributed by atoms with E-state index in [9.17, 15) is 13.2 Å². The molecule has 3 aromatic carbocycles. The van der Waals surface area contributed by atoms with Crippen molar-refractivity contribution in [2.75, 3.05) is 18.1 Å². The van der Waals surface area contributed by atoms with Crippen LogP contribution in [0.3, 0.4) is 0 Å². The Hall–Kier alpha value is -3.65.